The van der Waals surface area contributed by atoms with E-state index in [2.05, 4.69) is 14.1 Å². The number of rotatable bonds is 20. The zero-order valence-electron chi connectivity index (χ0n) is 37.1. The average molecular weight is 981 g/mol. The molecule has 2 aromatic heterocycles. The average Bonchev–Trinajstić information content (AvgIpc) is 3.89. The highest BCUT2D eigenvalue weighted by atomic mass is 32.3. The Morgan fingerprint density at radius 3 is 2.14 bits per heavy atom. The van der Waals surface area contributed by atoms with Gasteiger partial charge in [0, 0.05) is 37.2 Å². The highest BCUT2D eigenvalue weighted by Gasteiger charge is 2.40. The monoisotopic (exact) mass is 980 g/mol. The maximum Gasteiger partial charge on any atom is 0.347 e. The van der Waals surface area contributed by atoms with Gasteiger partial charge in [-0.3, -0.25) is 19.2 Å². The lowest BCUT2D eigenvalue weighted by molar-refractivity contribution is -0.179. The Labute approximate surface area is 380 Å². The van der Waals surface area contributed by atoms with Crippen molar-refractivity contribution in [1.82, 2.24) is 23.7 Å². The van der Waals surface area contributed by atoms with Gasteiger partial charge >= 0.3 is 23.9 Å². The maximum atomic E-state index is 13.2. The molecule has 2 aromatic rings. The van der Waals surface area contributed by atoms with Crippen molar-refractivity contribution in [3.8, 4) is 5.88 Å². The number of fused-ring (bicyclic) bond motifs is 1. The topological polar surface area (TPSA) is 282 Å². The van der Waals surface area contributed by atoms with Crippen molar-refractivity contribution in [2.45, 2.75) is 131 Å². The minimum atomic E-state index is -4.60. The quantitative estimate of drug-likeness (QED) is 0.141. The van der Waals surface area contributed by atoms with Gasteiger partial charge in [-0.05, 0) is 67.5 Å². The summed E-state index contributed by atoms with van der Waals surface area (Å²) in [6, 6.07) is 0.772. The number of morpholine rings is 1. The number of carbonyl (C=O) groups excluding carboxylic acids is 6. The number of anilines is 1. The molecule has 22 nitrogen and oxygen atoms in total. The molecule has 1 saturated heterocycles. The molecule has 2 amide bonds. The number of hydrogen-bond donors (Lipinski definition) is 2. The fraction of sp³-hybridized carbons (Fsp3) is 0.684. The molecule has 358 valence electrons. The molecular weight excluding hydrogens is 925 g/mol. The van der Waals surface area contributed by atoms with E-state index in [1.807, 2.05) is 32.6 Å². The Kier molecular flexibility index (Phi) is 18.0. The summed E-state index contributed by atoms with van der Waals surface area (Å²) in [6.45, 7) is 15.9. The summed E-state index contributed by atoms with van der Waals surface area (Å²) >= 11 is 1.45. The summed E-state index contributed by atoms with van der Waals surface area (Å²) in [5.74, 6) is -5.06. The number of esters is 4. The van der Waals surface area contributed by atoms with Gasteiger partial charge in [0.25, 0.3) is 21.8 Å². The molecule has 26 heteroatoms. The van der Waals surface area contributed by atoms with Gasteiger partial charge in [0.2, 0.25) is 11.7 Å². The van der Waals surface area contributed by atoms with Crippen molar-refractivity contribution < 1.29 is 74.0 Å². The van der Waals surface area contributed by atoms with Crippen LogP contribution >= 0.6 is 23.1 Å². The summed E-state index contributed by atoms with van der Waals surface area (Å²) in [5.41, 5.74) is -0.368. The van der Waals surface area contributed by atoms with E-state index in [4.69, 9.17) is 28.4 Å². The van der Waals surface area contributed by atoms with E-state index in [9.17, 15) is 45.6 Å². The van der Waals surface area contributed by atoms with Crippen molar-refractivity contribution in [3.63, 3.8) is 0 Å². The predicted octanol–water partition coefficient (Wildman–Crippen LogP) is 1.67. The summed E-state index contributed by atoms with van der Waals surface area (Å²) in [4.78, 5) is 80.0. The number of hydrogen-bond acceptors (Lipinski definition) is 22. The largest absolute Gasteiger partial charge is 0.470 e. The normalized spacial score (nSPS) is 19.2. The molecule has 2 N–H and O–H groups in total. The highest BCUT2D eigenvalue weighted by molar-refractivity contribution is 7.95. The second-order valence-electron chi connectivity index (χ2n) is 16.0. The molecule has 1 fully saturated rings. The number of sulfone groups is 1. The van der Waals surface area contributed by atoms with E-state index >= 15 is 0 Å². The molecule has 0 bridgehead atoms. The Hall–Kier alpha value is -4.50. The number of aromatic nitrogens is 2. The first-order valence-electron chi connectivity index (χ1n) is 20.4. The number of nitrogens with zero attached hydrogens (tertiary/aromatic N) is 4. The number of carbonyl (C=O) groups is 6. The van der Waals surface area contributed by atoms with Crippen molar-refractivity contribution in [2.75, 3.05) is 50.9 Å². The Morgan fingerprint density at radius 2 is 1.55 bits per heavy atom. The van der Waals surface area contributed by atoms with E-state index in [0.29, 0.717) is 50.0 Å². The lowest BCUT2D eigenvalue weighted by atomic mass is 10.1. The third kappa shape index (κ3) is 13.8. The number of amides is 2. The second kappa shape index (κ2) is 22.1. The zero-order chi connectivity index (χ0) is 47.7. The number of ether oxygens (including phenoxy) is 6. The van der Waals surface area contributed by atoms with Gasteiger partial charge in [0.1, 0.15) is 15.0 Å². The minimum Gasteiger partial charge on any atom is -0.470 e. The lowest BCUT2D eigenvalue weighted by Gasteiger charge is -2.37. The first-order chi connectivity index (χ1) is 29.8. The molecule has 0 saturated carbocycles. The summed E-state index contributed by atoms with van der Waals surface area (Å²) in [5, 5.41) is 2.37. The fourth-order valence-corrected chi connectivity index (χ4v) is 12.0. The first kappa shape index (κ1) is 52.1. The fourth-order valence-electron chi connectivity index (χ4n) is 6.44. The van der Waals surface area contributed by atoms with E-state index < -0.39 is 108 Å². The number of thiophene rings is 1. The third-order valence-corrected chi connectivity index (χ3v) is 16.1. The molecule has 0 aromatic carbocycles. The van der Waals surface area contributed by atoms with Crippen LogP contribution in [0.1, 0.15) is 93.2 Å². The van der Waals surface area contributed by atoms with Gasteiger partial charge in [0.05, 0.1) is 49.6 Å². The maximum absolute atomic E-state index is 13.2. The van der Waals surface area contributed by atoms with Crippen LogP contribution in [0.15, 0.2) is 14.5 Å². The Bertz CT molecular complexity index is 2240. The molecule has 4 rings (SSSR count). The molecule has 2 aliphatic heterocycles. The summed E-state index contributed by atoms with van der Waals surface area (Å²) < 4.78 is 94.2. The highest BCUT2D eigenvalue weighted by Crippen LogP contribution is 2.42. The van der Waals surface area contributed by atoms with Crippen LogP contribution in [0.2, 0.25) is 0 Å². The molecular formula is C38H56N6O16S4. The predicted molar refractivity (Wildman–Crippen MR) is 229 cm³/mol. The molecule has 6 atom stereocenters. The molecule has 2 aliphatic rings. The Morgan fingerprint density at radius 1 is 0.953 bits per heavy atom. The van der Waals surface area contributed by atoms with Gasteiger partial charge in [-0.25, -0.2) is 31.1 Å². The van der Waals surface area contributed by atoms with Gasteiger partial charge in [0.15, 0.2) is 34.3 Å². The second-order valence-corrected chi connectivity index (χ2v) is 22.0. The SMILES string of the molecule is CCN[C@H]1C[C@H](C)S(=O)(=O)c2sc(S(=O)(=O)NC(=O)C(C)OC(=O)C(C)OC(=O)C(C)OC(=O)CCC(=O)O[C@H](COc3nsnc3N3CCOCC3)CN(C(C)=O)C(C)(C)C)cc21. The van der Waals surface area contributed by atoms with E-state index in [0.717, 1.165) is 32.5 Å². The zero-order valence-corrected chi connectivity index (χ0v) is 40.3. The van der Waals surface area contributed by atoms with Crippen LogP contribution in [0.25, 0.3) is 0 Å². The first-order valence-corrected chi connectivity index (χ1v) is 25.0. The van der Waals surface area contributed by atoms with Crippen molar-refractivity contribution >= 4 is 84.4 Å². The third-order valence-electron chi connectivity index (χ3n) is 9.88. The minimum absolute atomic E-state index is 0.0481. The van der Waals surface area contributed by atoms with Crippen LogP contribution in [0, 0.1) is 0 Å². The summed E-state index contributed by atoms with van der Waals surface area (Å²) in [7, 11) is -8.42. The van der Waals surface area contributed by atoms with E-state index in [-0.39, 0.29) is 41.1 Å². The van der Waals surface area contributed by atoms with Crippen LogP contribution in [0.5, 0.6) is 5.88 Å². The van der Waals surface area contributed by atoms with Crippen molar-refractivity contribution in [2.24, 2.45) is 0 Å². The standard InChI is InChI=1S/C38H56N6O16S4/c1-10-39-28-17-21(2)63(51,52)37-27(28)18-31(61-37)64(53,54)42-33(48)22(3)58-36(50)24(5)59-35(49)23(4)57-29(46)11-12-30(47)60-26(19-44(25(6)45)38(7,8)9)20-56-34-32(40-62-41-34)43-13-15-55-16-14-43/h18,21-24,26,28,39H,10-17,19-20H2,1-9H3,(H,42,48)/t21-,22?,23?,24?,26-,28-/m0/s1. The van der Waals surface area contributed by atoms with Crippen LogP contribution in [-0.4, -0.2) is 147 Å². The van der Waals surface area contributed by atoms with Gasteiger partial charge in [-0.1, -0.05) is 6.92 Å². The van der Waals surface area contributed by atoms with Gasteiger partial charge in [-0.2, -0.15) is 4.37 Å². The van der Waals surface area contributed by atoms with E-state index in [1.165, 1.54) is 24.8 Å². The van der Waals surface area contributed by atoms with Crippen molar-refractivity contribution in [3.05, 3.63) is 11.6 Å². The molecule has 64 heavy (non-hydrogen) atoms. The molecule has 0 radical (unpaired) electrons. The van der Waals surface area contributed by atoms with Crippen LogP contribution in [0.3, 0.4) is 0 Å². The molecule has 0 aliphatic carbocycles. The van der Waals surface area contributed by atoms with Crippen molar-refractivity contribution in [1.29, 1.82) is 0 Å². The molecule has 3 unspecified atom stereocenters. The van der Waals surface area contributed by atoms with Gasteiger partial charge < -0.3 is 43.5 Å². The van der Waals surface area contributed by atoms with E-state index in [1.54, 1.807) is 4.72 Å². The van der Waals surface area contributed by atoms with Crippen LogP contribution in [0.4, 0.5) is 5.82 Å². The smallest absolute Gasteiger partial charge is 0.347 e. The van der Waals surface area contributed by atoms with Crippen LogP contribution in [-0.2, 0) is 72.3 Å². The summed E-state index contributed by atoms with van der Waals surface area (Å²) in [6.07, 6.45) is -6.70. The number of sulfonamides is 1. The molecule has 0 spiro atoms. The molecule has 4 heterocycles. The van der Waals surface area contributed by atoms with Gasteiger partial charge in [-0.15, -0.1) is 15.7 Å². The van der Waals surface area contributed by atoms with Crippen LogP contribution < -0.4 is 19.7 Å². The number of nitrogens with one attached hydrogen (secondary N) is 2. The Balaban J connectivity index is 1.26. The lowest BCUT2D eigenvalue weighted by Crippen LogP contribution is -2.50.